The van der Waals surface area contributed by atoms with Crippen LogP contribution in [0.5, 0.6) is 5.75 Å². The maximum atomic E-state index is 14.5. The molecule has 0 radical (unpaired) electrons. The molecule has 48 heavy (non-hydrogen) atoms. The van der Waals surface area contributed by atoms with Gasteiger partial charge in [0, 0.05) is 0 Å². The Morgan fingerprint density at radius 1 is 0.333 bits per heavy atom. The summed E-state index contributed by atoms with van der Waals surface area (Å²) in [5.74, 6) is -0.0732. The van der Waals surface area contributed by atoms with E-state index in [0.717, 1.165) is 5.56 Å². The quantitative estimate of drug-likeness (QED) is 0.140. The van der Waals surface area contributed by atoms with Crippen molar-refractivity contribution >= 4 is 0 Å². The SMILES string of the molecule is Cc1ccc(C(c2ccccc2)(c2ccccc2)C(F)(F)F)cc1.Oc1ccc(C(c2ccccc2)(c2ccccc2)C(F)(F)F)cc1. The number of hydrogen-bond donors (Lipinski definition) is 1. The number of phenols is 1. The van der Waals surface area contributed by atoms with Gasteiger partial charge in [-0.05, 0) is 52.4 Å². The second-order valence-corrected chi connectivity index (χ2v) is 11.4. The molecule has 0 bridgehead atoms. The summed E-state index contributed by atoms with van der Waals surface area (Å²) in [7, 11) is 0. The largest absolute Gasteiger partial charge is 0.508 e. The van der Waals surface area contributed by atoms with Crippen LogP contribution in [0.1, 0.15) is 38.9 Å². The second-order valence-electron chi connectivity index (χ2n) is 11.4. The van der Waals surface area contributed by atoms with Crippen molar-refractivity contribution in [3.8, 4) is 5.75 Å². The number of aryl methyl sites for hydroxylation is 1. The van der Waals surface area contributed by atoms with Crippen molar-refractivity contribution in [2.75, 3.05) is 0 Å². The molecule has 6 rings (SSSR count). The van der Waals surface area contributed by atoms with Gasteiger partial charge in [0.25, 0.3) is 0 Å². The molecule has 0 aromatic heterocycles. The Balaban J connectivity index is 0.000000188. The molecule has 6 aromatic rings. The summed E-state index contributed by atoms with van der Waals surface area (Å²) in [5, 5.41) is 9.49. The van der Waals surface area contributed by atoms with Gasteiger partial charge in [-0.1, -0.05) is 163 Å². The van der Waals surface area contributed by atoms with Crippen LogP contribution in [0, 0.1) is 6.92 Å². The maximum Gasteiger partial charge on any atom is 0.406 e. The molecular weight excluding hydrogens is 622 g/mol. The first-order valence-corrected chi connectivity index (χ1v) is 15.1. The van der Waals surface area contributed by atoms with Crippen LogP contribution in [-0.4, -0.2) is 17.5 Å². The van der Waals surface area contributed by atoms with Crippen molar-refractivity contribution in [1.82, 2.24) is 0 Å². The summed E-state index contributed by atoms with van der Waals surface area (Å²) < 4.78 is 87.0. The fourth-order valence-corrected chi connectivity index (χ4v) is 6.25. The minimum Gasteiger partial charge on any atom is -0.508 e. The second kappa shape index (κ2) is 13.8. The van der Waals surface area contributed by atoms with E-state index in [-0.39, 0.29) is 39.1 Å². The van der Waals surface area contributed by atoms with Crippen molar-refractivity contribution < 1.29 is 31.4 Å². The van der Waals surface area contributed by atoms with Crippen LogP contribution < -0.4 is 0 Å². The highest BCUT2D eigenvalue weighted by Crippen LogP contribution is 2.52. The molecular formula is C41H32F6O. The number of hydrogen-bond acceptors (Lipinski definition) is 1. The van der Waals surface area contributed by atoms with Crippen molar-refractivity contribution in [2.24, 2.45) is 0 Å². The van der Waals surface area contributed by atoms with Crippen LogP contribution in [0.2, 0.25) is 0 Å². The predicted octanol–water partition coefficient (Wildman–Crippen LogP) is 11.2. The molecule has 0 saturated heterocycles. The van der Waals surface area contributed by atoms with E-state index in [2.05, 4.69) is 0 Å². The number of aromatic hydroxyl groups is 1. The van der Waals surface area contributed by atoms with Crippen LogP contribution in [0.15, 0.2) is 170 Å². The van der Waals surface area contributed by atoms with Gasteiger partial charge in [0.2, 0.25) is 0 Å². The van der Waals surface area contributed by atoms with E-state index in [1.54, 1.807) is 121 Å². The summed E-state index contributed by atoms with van der Waals surface area (Å²) in [5.41, 5.74) is -2.59. The van der Waals surface area contributed by atoms with Crippen LogP contribution in [0.4, 0.5) is 26.3 Å². The zero-order valence-corrected chi connectivity index (χ0v) is 25.9. The van der Waals surface area contributed by atoms with Gasteiger partial charge < -0.3 is 5.11 Å². The molecule has 6 aromatic carbocycles. The zero-order valence-electron chi connectivity index (χ0n) is 25.9. The number of alkyl halides is 6. The lowest BCUT2D eigenvalue weighted by atomic mass is 9.68. The van der Waals surface area contributed by atoms with Crippen LogP contribution in [-0.2, 0) is 10.8 Å². The van der Waals surface area contributed by atoms with Gasteiger partial charge in [-0.15, -0.1) is 0 Å². The lowest BCUT2D eigenvalue weighted by molar-refractivity contribution is -0.167. The highest BCUT2D eigenvalue weighted by Gasteiger charge is 2.59. The normalized spacial score (nSPS) is 12.1. The van der Waals surface area contributed by atoms with Crippen molar-refractivity contribution in [3.05, 3.63) is 209 Å². The van der Waals surface area contributed by atoms with Gasteiger partial charge >= 0.3 is 12.4 Å². The van der Waals surface area contributed by atoms with Gasteiger partial charge in [-0.2, -0.15) is 26.3 Å². The van der Waals surface area contributed by atoms with E-state index >= 15 is 0 Å². The molecule has 7 heteroatoms. The maximum absolute atomic E-state index is 14.5. The minimum absolute atomic E-state index is 0.0604. The van der Waals surface area contributed by atoms with Crippen LogP contribution in [0.25, 0.3) is 0 Å². The summed E-state index contributed by atoms with van der Waals surface area (Å²) in [4.78, 5) is 0. The predicted molar refractivity (Wildman–Crippen MR) is 177 cm³/mol. The lowest BCUT2D eigenvalue weighted by Crippen LogP contribution is -2.44. The van der Waals surface area contributed by atoms with E-state index in [9.17, 15) is 31.4 Å². The molecule has 0 fully saturated rings. The first kappa shape index (κ1) is 34.0. The lowest BCUT2D eigenvalue weighted by Gasteiger charge is -2.37. The molecule has 244 valence electrons. The molecule has 0 spiro atoms. The Kier molecular flexibility index (Phi) is 9.80. The molecule has 0 aliphatic heterocycles. The third-order valence-corrected chi connectivity index (χ3v) is 8.46. The van der Waals surface area contributed by atoms with Crippen molar-refractivity contribution in [1.29, 1.82) is 0 Å². The molecule has 1 nitrogen and oxygen atoms in total. The van der Waals surface area contributed by atoms with Gasteiger partial charge in [-0.3, -0.25) is 0 Å². The molecule has 0 atom stereocenters. The molecule has 0 amide bonds. The molecule has 0 aliphatic carbocycles. The fraction of sp³-hybridized carbons (Fsp3) is 0.122. The van der Waals surface area contributed by atoms with Crippen molar-refractivity contribution in [3.63, 3.8) is 0 Å². The minimum atomic E-state index is -4.56. The monoisotopic (exact) mass is 654 g/mol. The van der Waals surface area contributed by atoms with E-state index < -0.39 is 23.2 Å². The summed E-state index contributed by atoms with van der Waals surface area (Å²) in [6, 6.07) is 43.7. The van der Waals surface area contributed by atoms with Gasteiger partial charge in [-0.25, -0.2) is 0 Å². The Hall–Kier alpha value is -5.30. The van der Waals surface area contributed by atoms with Crippen LogP contribution >= 0.6 is 0 Å². The average Bonchev–Trinajstić information content (AvgIpc) is 3.08. The highest BCUT2D eigenvalue weighted by molar-refractivity contribution is 5.54. The topological polar surface area (TPSA) is 20.2 Å². The average molecular weight is 655 g/mol. The number of phenolic OH excluding ortho intramolecular Hbond substituents is 1. The Bertz CT molecular complexity index is 1650. The van der Waals surface area contributed by atoms with Crippen LogP contribution in [0.3, 0.4) is 0 Å². The fourth-order valence-electron chi connectivity index (χ4n) is 6.25. The third-order valence-electron chi connectivity index (χ3n) is 8.46. The van der Waals surface area contributed by atoms with Gasteiger partial charge in [0.05, 0.1) is 0 Å². The highest BCUT2D eigenvalue weighted by atomic mass is 19.4. The van der Waals surface area contributed by atoms with Crippen molar-refractivity contribution in [2.45, 2.75) is 30.1 Å². The number of benzene rings is 6. The molecule has 0 aliphatic rings. The molecule has 0 saturated carbocycles. The Labute approximate surface area is 275 Å². The first-order chi connectivity index (χ1) is 22.9. The molecule has 1 N–H and O–H groups in total. The van der Waals surface area contributed by atoms with E-state index in [0.29, 0.717) is 0 Å². The van der Waals surface area contributed by atoms with E-state index in [1.807, 2.05) is 6.92 Å². The molecule has 0 heterocycles. The Morgan fingerprint density at radius 2 is 0.562 bits per heavy atom. The third kappa shape index (κ3) is 6.33. The van der Waals surface area contributed by atoms with Gasteiger partial charge in [0.15, 0.2) is 0 Å². The zero-order chi connectivity index (χ0) is 34.4. The summed E-state index contributed by atoms with van der Waals surface area (Å²) >= 11 is 0. The number of rotatable bonds is 6. The molecule has 0 unspecified atom stereocenters. The smallest absolute Gasteiger partial charge is 0.406 e. The van der Waals surface area contributed by atoms with Gasteiger partial charge in [0.1, 0.15) is 16.6 Å². The summed E-state index contributed by atoms with van der Waals surface area (Å²) in [6.07, 6.45) is -9.04. The first-order valence-electron chi connectivity index (χ1n) is 15.1. The standard InChI is InChI=1S/C21H17F3.C20H15F3O/c1-16-12-14-19(15-13-16)20(21(22,23)24,17-8-4-2-5-9-17)18-10-6-3-7-11-18;21-20(22,23)19(15-7-3-1-4-8-15,16-9-5-2-6-10-16)17-11-13-18(24)14-12-17/h2-15H,1H3;1-14,24H. The summed E-state index contributed by atoms with van der Waals surface area (Å²) in [6.45, 7) is 1.87. The van der Waals surface area contributed by atoms with E-state index in [4.69, 9.17) is 0 Å². The van der Waals surface area contributed by atoms with E-state index in [1.165, 1.54) is 48.5 Å². The Morgan fingerprint density at radius 3 is 0.812 bits per heavy atom. The number of halogens is 6.